The predicted octanol–water partition coefficient (Wildman–Crippen LogP) is 2.94. The summed E-state index contributed by atoms with van der Waals surface area (Å²) in [4.78, 5) is 12.1. The quantitative estimate of drug-likeness (QED) is 0.174. The molecule has 0 aromatic carbocycles. The van der Waals surface area contributed by atoms with Gasteiger partial charge in [0.25, 0.3) is 0 Å². The van der Waals surface area contributed by atoms with E-state index < -0.39 is 37.3 Å². The van der Waals surface area contributed by atoms with Crippen molar-refractivity contribution in [1.29, 1.82) is 0 Å². The Bertz CT molecular complexity index is 485. The molecule has 1 saturated heterocycles. The molecule has 1 rings (SSSR count). The summed E-state index contributed by atoms with van der Waals surface area (Å²) in [6.45, 7) is 1.73. The molecule has 7 nitrogen and oxygen atoms in total. The van der Waals surface area contributed by atoms with E-state index >= 15 is 0 Å². The molecule has 1 amide bonds. The Morgan fingerprint density at radius 2 is 1.35 bits per heavy atom. The van der Waals surface area contributed by atoms with E-state index in [4.69, 9.17) is 4.74 Å². The lowest BCUT2D eigenvalue weighted by molar-refractivity contribution is -0.236. The number of amides is 1. The lowest BCUT2D eigenvalue weighted by Crippen LogP contribution is -2.63. The van der Waals surface area contributed by atoms with Gasteiger partial charge in [-0.15, -0.1) is 0 Å². The van der Waals surface area contributed by atoms with Crippen molar-refractivity contribution in [3.63, 3.8) is 0 Å². The fourth-order valence-electron chi connectivity index (χ4n) is 3.81. The van der Waals surface area contributed by atoms with Crippen LogP contribution in [0, 0.1) is 0 Å². The Hall–Kier alpha value is -0.990. The van der Waals surface area contributed by atoms with E-state index in [0.29, 0.717) is 6.42 Å². The minimum atomic E-state index is -1.47. The first-order valence-corrected chi connectivity index (χ1v) is 12.3. The summed E-state index contributed by atoms with van der Waals surface area (Å²) >= 11 is 0. The van der Waals surface area contributed by atoms with Crippen molar-refractivity contribution >= 4 is 5.91 Å². The summed E-state index contributed by atoms with van der Waals surface area (Å²) in [5.41, 5.74) is 0. The topological polar surface area (TPSA) is 119 Å². The molecule has 0 aromatic heterocycles. The van der Waals surface area contributed by atoms with Gasteiger partial charge in [-0.1, -0.05) is 70.4 Å². The number of nitrogens with one attached hydrogen (secondary N) is 1. The number of allylic oxidation sites excluding steroid dienone is 2. The van der Waals surface area contributed by atoms with Crippen LogP contribution < -0.4 is 5.32 Å². The third-order valence-corrected chi connectivity index (χ3v) is 5.86. The summed E-state index contributed by atoms with van der Waals surface area (Å²) in [5.74, 6) is -0.272. The van der Waals surface area contributed by atoms with Gasteiger partial charge in [0.2, 0.25) is 5.91 Å². The highest BCUT2D eigenvalue weighted by Crippen LogP contribution is 2.20. The fraction of sp³-hybridized carbons (Fsp3) is 0.875. The zero-order valence-corrected chi connectivity index (χ0v) is 19.3. The highest BCUT2D eigenvalue weighted by molar-refractivity contribution is 5.76. The maximum atomic E-state index is 12.1. The van der Waals surface area contributed by atoms with Gasteiger partial charge in [-0.3, -0.25) is 4.79 Å². The van der Waals surface area contributed by atoms with Gasteiger partial charge in [-0.2, -0.15) is 0 Å². The molecule has 1 heterocycles. The summed E-state index contributed by atoms with van der Waals surface area (Å²) in [6, 6.07) is 0. The SMILES string of the molecule is CCCCCC/C=C\CCCCCCCCCC(=O)N[C@@H]1OC(CO)[C@@H](O)C(O)C1O. The molecule has 5 atom stereocenters. The number of aliphatic hydroxyl groups is 4. The largest absolute Gasteiger partial charge is 0.394 e. The first-order chi connectivity index (χ1) is 15.0. The smallest absolute Gasteiger partial charge is 0.222 e. The number of ether oxygens (including phenoxy) is 1. The summed E-state index contributed by atoms with van der Waals surface area (Å²) in [7, 11) is 0. The average Bonchev–Trinajstić information content (AvgIpc) is 2.76. The highest BCUT2D eigenvalue weighted by Gasteiger charge is 2.43. The standard InChI is InChI=1S/C24H45NO6/c1-2-3-4-5-6-7-8-9-10-11-12-13-14-15-16-17-20(27)25-24-23(30)22(29)21(28)19(18-26)31-24/h7-8,19,21-24,26,28-30H,2-6,9-18H2,1H3,(H,25,27)/b8-7-/t19?,21-,22?,23?,24-/m1/s1. The Balaban J connectivity index is 1.98. The van der Waals surface area contributed by atoms with Crippen molar-refractivity contribution in [2.75, 3.05) is 6.61 Å². The number of unbranched alkanes of at least 4 members (excludes halogenated alkanes) is 11. The van der Waals surface area contributed by atoms with Crippen molar-refractivity contribution in [1.82, 2.24) is 5.32 Å². The Labute approximate surface area is 187 Å². The molecule has 5 N–H and O–H groups in total. The fourth-order valence-corrected chi connectivity index (χ4v) is 3.81. The molecule has 0 aliphatic carbocycles. The molecule has 0 saturated carbocycles. The second-order valence-corrected chi connectivity index (χ2v) is 8.65. The molecule has 7 heteroatoms. The monoisotopic (exact) mass is 443 g/mol. The molecular formula is C24H45NO6. The molecule has 1 aliphatic rings. The van der Waals surface area contributed by atoms with E-state index in [1.165, 1.54) is 64.2 Å². The third kappa shape index (κ3) is 12.0. The van der Waals surface area contributed by atoms with Crippen LogP contribution in [-0.2, 0) is 9.53 Å². The van der Waals surface area contributed by atoms with Gasteiger partial charge >= 0.3 is 0 Å². The summed E-state index contributed by atoms with van der Waals surface area (Å²) < 4.78 is 5.28. The maximum absolute atomic E-state index is 12.1. The van der Waals surface area contributed by atoms with E-state index in [1.54, 1.807) is 0 Å². The van der Waals surface area contributed by atoms with Crippen LogP contribution in [0.5, 0.6) is 0 Å². The van der Waals surface area contributed by atoms with Crippen LogP contribution in [0.25, 0.3) is 0 Å². The van der Waals surface area contributed by atoms with Gasteiger partial charge < -0.3 is 30.5 Å². The zero-order chi connectivity index (χ0) is 22.9. The van der Waals surface area contributed by atoms with Gasteiger partial charge in [-0.05, 0) is 32.1 Å². The van der Waals surface area contributed by atoms with Gasteiger partial charge in [0.1, 0.15) is 24.4 Å². The van der Waals surface area contributed by atoms with Crippen molar-refractivity contribution in [3.8, 4) is 0 Å². The second-order valence-electron chi connectivity index (χ2n) is 8.65. The van der Waals surface area contributed by atoms with E-state index in [9.17, 15) is 25.2 Å². The minimum absolute atomic E-state index is 0.272. The van der Waals surface area contributed by atoms with Crippen LogP contribution >= 0.6 is 0 Å². The molecule has 0 aromatic rings. The lowest BCUT2D eigenvalue weighted by atomic mass is 9.98. The zero-order valence-electron chi connectivity index (χ0n) is 19.3. The number of hydrogen-bond acceptors (Lipinski definition) is 6. The van der Waals surface area contributed by atoms with Gasteiger partial charge in [-0.25, -0.2) is 0 Å². The van der Waals surface area contributed by atoms with Crippen LogP contribution in [0.15, 0.2) is 12.2 Å². The average molecular weight is 444 g/mol. The maximum Gasteiger partial charge on any atom is 0.222 e. The molecule has 182 valence electrons. The number of rotatable bonds is 17. The van der Waals surface area contributed by atoms with Crippen LogP contribution in [0.2, 0.25) is 0 Å². The van der Waals surface area contributed by atoms with Crippen molar-refractivity contribution in [2.45, 2.75) is 127 Å². The molecular weight excluding hydrogens is 398 g/mol. The second kappa shape index (κ2) is 17.6. The van der Waals surface area contributed by atoms with Crippen molar-refractivity contribution in [3.05, 3.63) is 12.2 Å². The normalized spacial score (nSPS) is 26.4. The number of carbonyl (C=O) groups is 1. The molecule has 31 heavy (non-hydrogen) atoms. The minimum Gasteiger partial charge on any atom is -0.394 e. The molecule has 3 unspecified atom stereocenters. The third-order valence-electron chi connectivity index (χ3n) is 5.86. The molecule has 1 fully saturated rings. The molecule has 0 spiro atoms. The molecule has 0 bridgehead atoms. The van der Waals surface area contributed by atoms with Gasteiger partial charge in [0.05, 0.1) is 6.61 Å². The van der Waals surface area contributed by atoms with Gasteiger partial charge in [0.15, 0.2) is 6.23 Å². The Morgan fingerprint density at radius 1 is 0.806 bits per heavy atom. The Morgan fingerprint density at radius 3 is 1.94 bits per heavy atom. The number of carbonyl (C=O) groups excluding carboxylic acids is 1. The summed E-state index contributed by atoms with van der Waals surface area (Å²) in [5, 5.41) is 41.2. The van der Waals surface area contributed by atoms with E-state index in [0.717, 1.165) is 19.3 Å². The van der Waals surface area contributed by atoms with Crippen LogP contribution in [0.4, 0.5) is 0 Å². The number of aliphatic hydroxyl groups excluding tert-OH is 4. The predicted molar refractivity (Wildman–Crippen MR) is 121 cm³/mol. The van der Waals surface area contributed by atoms with E-state index in [1.807, 2.05) is 0 Å². The first-order valence-electron chi connectivity index (χ1n) is 12.3. The van der Waals surface area contributed by atoms with Crippen molar-refractivity contribution < 1.29 is 30.0 Å². The van der Waals surface area contributed by atoms with Crippen molar-refractivity contribution in [2.24, 2.45) is 0 Å². The summed E-state index contributed by atoms with van der Waals surface area (Å²) in [6.07, 6.45) is 13.9. The Kier molecular flexibility index (Phi) is 15.9. The van der Waals surface area contributed by atoms with Crippen LogP contribution in [-0.4, -0.2) is 63.6 Å². The lowest BCUT2D eigenvalue weighted by Gasteiger charge is -2.40. The van der Waals surface area contributed by atoms with Gasteiger partial charge in [0, 0.05) is 6.42 Å². The molecule has 1 aliphatic heterocycles. The first kappa shape index (κ1) is 28.0. The van der Waals surface area contributed by atoms with E-state index in [2.05, 4.69) is 24.4 Å². The van der Waals surface area contributed by atoms with Crippen LogP contribution in [0.3, 0.4) is 0 Å². The molecule has 0 radical (unpaired) electrons. The highest BCUT2D eigenvalue weighted by atomic mass is 16.6. The van der Waals surface area contributed by atoms with E-state index in [-0.39, 0.29) is 5.91 Å². The number of hydrogen-bond donors (Lipinski definition) is 5. The van der Waals surface area contributed by atoms with Crippen LogP contribution in [0.1, 0.15) is 96.8 Å².